The zero-order chi connectivity index (χ0) is 22.2. The fourth-order valence-electron chi connectivity index (χ4n) is 3.20. The van der Waals surface area contributed by atoms with Gasteiger partial charge in [-0.25, -0.2) is 4.98 Å². The first-order valence-electron chi connectivity index (χ1n) is 9.49. The SMILES string of the molecule is O=C(Nc1ccc2oc(-c3cc(I)ccc3Br)nc2c1)c1ccc(-c2ccc(Br)cc2)o1. The van der Waals surface area contributed by atoms with E-state index in [-0.39, 0.29) is 11.7 Å². The lowest BCUT2D eigenvalue weighted by Gasteiger charge is -2.03. The summed E-state index contributed by atoms with van der Waals surface area (Å²) in [5.74, 6) is 1.03. The maximum atomic E-state index is 12.7. The van der Waals surface area contributed by atoms with E-state index in [1.54, 1.807) is 30.3 Å². The highest BCUT2D eigenvalue weighted by atomic mass is 127. The highest BCUT2D eigenvalue weighted by molar-refractivity contribution is 14.1. The minimum absolute atomic E-state index is 0.228. The van der Waals surface area contributed by atoms with Crippen molar-refractivity contribution in [2.24, 2.45) is 0 Å². The van der Waals surface area contributed by atoms with Gasteiger partial charge in [0.1, 0.15) is 11.3 Å². The molecule has 0 fully saturated rings. The van der Waals surface area contributed by atoms with E-state index in [0.717, 1.165) is 23.6 Å². The molecule has 5 rings (SSSR count). The van der Waals surface area contributed by atoms with E-state index in [4.69, 9.17) is 8.83 Å². The summed E-state index contributed by atoms with van der Waals surface area (Å²) >= 11 is 9.21. The molecule has 5 aromatic rings. The maximum Gasteiger partial charge on any atom is 0.291 e. The summed E-state index contributed by atoms with van der Waals surface area (Å²) in [4.78, 5) is 17.3. The summed E-state index contributed by atoms with van der Waals surface area (Å²) < 4.78 is 14.6. The molecule has 158 valence electrons. The highest BCUT2D eigenvalue weighted by Crippen LogP contribution is 2.32. The Balaban J connectivity index is 1.38. The predicted molar refractivity (Wildman–Crippen MR) is 140 cm³/mol. The third-order valence-electron chi connectivity index (χ3n) is 4.76. The Hall–Kier alpha value is -2.43. The van der Waals surface area contributed by atoms with Crippen LogP contribution in [0, 0.1) is 3.57 Å². The van der Waals surface area contributed by atoms with Gasteiger partial charge in [0.2, 0.25) is 5.89 Å². The van der Waals surface area contributed by atoms with Gasteiger partial charge in [-0.1, -0.05) is 28.1 Å². The van der Waals surface area contributed by atoms with Gasteiger partial charge in [0, 0.05) is 23.8 Å². The number of nitrogens with one attached hydrogen (secondary N) is 1. The lowest BCUT2D eigenvalue weighted by atomic mass is 10.2. The lowest BCUT2D eigenvalue weighted by molar-refractivity contribution is 0.0997. The van der Waals surface area contributed by atoms with Crippen molar-refractivity contribution in [1.82, 2.24) is 4.98 Å². The van der Waals surface area contributed by atoms with Gasteiger partial charge in [-0.15, -0.1) is 0 Å². The number of halogens is 3. The Kier molecular flexibility index (Phi) is 5.92. The molecule has 0 atom stereocenters. The summed E-state index contributed by atoms with van der Waals surface area (Å²) in [6.45, 7) is 0. The average Bonchev–Trinajstić information content (AvgIpc) is 3.43. The predicted octanol–water partition coefficient (Wildman–Crippen LogP) is 8.14. The molecule has 5 nitrogen and oxygen atoms in total. The molecule has 3 aromatic carbocycles. The Bertz CT molecular complexity index is 1460. The van der Waals surface area contributed by atoms with Crippen molar-refractivity contribution in [2.75, 3.05) is 5.32 Å². The number of anilines is 1. The topological polar surface area (TPSA) is 68.3 Å². The lowest BCUT2D eigenvalue weighted by Crippen LogP contribution is -2.10. The van der Waals surface area contributed by atoms with Gasteiger partial charge < -0.3 is 14.2 Å². The third-order valence-corrected chi connectivity index (χ3v) is 6.65. The number of fused-ring (bicyclic) bond motifs is 1. The van der Waals surface area contributed by atoms with Gasteiger partial charge in [0.15, 0.2) is 11.3 Å². The van der Waals surface area contributed by atoms with Crippen LogP contribution in [0.3, 0.4) is 0 Å². The summed E-state index contributed by atoms with van der Waals surface area (Å²) in [6, 6.07) is 22.4. The Morgan fingerprint density at radius 2 is 1.72 bits per heavy atom. The minimum Gasteiger partial charge on any atom is -0.451 e. The van der Waals surface area contributed by atoms with E-state index in [1.807, 2.05) is 42.5 Å². The molecule has 1 N–H and O–H groups in total. The molecular formula is C24H13Br2IN2O3. The number of hydrogen-bond donors (Lipinski definition) is 1. The average molecular weight is 664 g/mol. The second-order valence-electron chi connectivity index (χ2n) is 6.95. The standard InChI is InChI=1S/C24H13Br2IN2O3/c25-14-3-1-13(2-4-14)20-9-10-22(31-20)23(30)28-16-6-8-21-19(12-16)29-24(32-21)17-11-15(27)5-7-18(17)26/h1-12H,(H,28,30). The number of aromatic nitrogens is 1. The maximum absolute atomic E-state index is 12.7. The Morgan fingerprint density at radius 3 is 2.53 bits per heavy atom. The van der Waals surface area contributed by atoms with E-state index in [1.165, 1.54) is 0 Å². The van der Waals surface area contributed by atoms with Gasteiger partial charge in [-0.2, -0.15) is 0 Å². The normalized spacial score (nSPS) is 11.1. The van der Waals surface area contributed by atoms with Gasteiger partial charge in [-0.3, -0.25) is 4.79 Å². The van der Waals surface area contributed by atoms with Crippen LogP contribution in [0.15, 0.2) is 90.6 Å². The largest absolute Gasteiger partial charge is 0.451 e. The number of carbonyl (C=O) groups excluding carboxylic acids is 1. The first-order valence-corrected chi connectivity index (χ1v) is 12.2. The molecule has 0 radical (unpaired) electrons. The Morgan fingerprint density at radius 1 is 0.906 bits per heavy atom. The zero-order valence-corrected chi connectivity index (χ0v) is 21.6. The smallest absolute Gasteiger partial charge is 0.291 e. The summed E-state index contributed by atoms with van der Waals surface area (Å²) in [5, 5.41) is 2.86. The minimum atomic E-state index is -0.336. The second kappa shape index (κ2) is 8.84. The molecule has 8 heteroatoms. The van der Waals surface area contributed by atoms with Crippen LogP contribution < -0.4 is 5.32 Å². The molecule has 0 bridgehead atoms. The molecule has 0 spiro atoms. The van der Waals surface area contributed by atoms with Crippen LogP contribution in [0.2, 0.25) is 0 Å². The number of benzene rings is 3. The highest BCUT2D eigenvalue weighted by Gasteiger charge is 2.15. The van der Waals surface area contributed by atoms with Crippen molar-refractivity contribution < 1.29 is 13.6 Å². The molecule has 2 aromatic heterocycles. The van der Waals surface area contributed by atoms with Gasteiger partial charge >= 0.3 is 0 Å². The van der Waals surface area contributed by atoms with E-state index in [9.17, 15) is 4.79 Å². The van der Waals surface area contributed by atoms with Crippen LogP contribution in [-0.4, -0.2) is 10.9 Å². The monoisotopic (exact) mass is 662 g/mol. The van der Waals surface area contributed by atoms with Gasteiger partial charge in [-0.05, 0) is 99.2 Å². The summed E-state index contributed by atoms with van der Waals surface area (Å²) in [6.07, 6.45) is 0. The second-order valence-corrected chi connectivity index (χ2v) is 9.97. The Labute approximate surface area is 213 Å². The van der Waals surface area contributed by atoms with Crippen LogP contribution in [0.4, 0.5) is 5.69 Å². The van der Waals surface area contributed by atoms with Crippen LogP contribution in [-0.2, 0) is 0 Å². The molecule has 0 saturated heterocycles. The first kappa shape index (κ1) is 21.4. The fraction of sp³-hybridized carbons (Fsp3) is 0. The third kappa shape index (κ3) is 4.39. The quantitative estimate of drug-likeness (QED) is 0.197. The number of oxazole rings is 1. The molecule has 0 unspecified atom stereocenters. The van der Waals surface area contributed by atoms with Gasteiger partial charge in [0.25, 0.3) is 5.91 Å². The van der Waals surface area contributed by atoms with Crippen molar-refractivity contribution in [1.29, 1.82) is 0 Å². The molecule has 0 aliphatic rings. The van der Waals surface area contributed by atoms with Crippen molar-refractivity contribution in [3.05, 3.63) is 91.1 Å². The van der Waals surface area contributed by atoms with Gasteiger partial charge in [0.05, 0.1) is 5.56 Å². The first-order chi connectivity index (χ1) is 15.5. The molecular weight excluding hydrogens is 651 g/mol. The van der Waals surface area contributed by atoms with Crippen molar-refractivity contribution in [2.45, 2.75) is 0 Å². The van der Waals surface area contributed by atoms with Crippen LogP contribution in [0.5, 0.6) is 0 Å². The van der Waals surface area contributed by atoms with E-state index in [2.05, 4.69) is 64.8 Å². The number of nitrogens with zero attached hydrogens (tertiary/aromatic N) is 1. The van der Waals surface area contributed by atoms with E-state index < -0.39 is 0 Å². The van der Waals surface area contributed by atoms with Crippen LogP contribution in [0.25, 0.3) is 33.9 Å². The molecule has 0 aliphatic carbocycles. The van der Waals surface area contributed by atoms with Crippen LogP contribution >= 0.6 is 54.5 Å². The molecule has 1 amide bonds. The number of hydrogen-bond acceptors (Lipinski definition) is 4. The number of carbonyl (C=O) groups is 1. The zero-order valence-electron chi connectivity index (χ0n) is 16.2. The van der Waals surface area contributed by atoms with Crippen molar-refractivity contribution in [3.63, 3.8) is 0 Å². The van der Waals surface area contributed by atoms with Crippen molar-refractivity contribution in [3.8, 4) is 22.8 Å². The van der Waals surface area contributed by atoms with E-state index >= 15 is 0 Å². The summed E-state index contributed by atoms with van der Waals surface area (Å²) in [7, 11) is 0. The number of rotatable bonds is 4. The molecule has 32 heavy (non-hydrogen) atoms. The van der Waals surface area contributed by atoms with Crippen molar-refractivity contribution >= 4 is 77.1 Å². The number of amides is 1. The molecule has 0 saturated carbocycles. The fourth-order valence-corrected chi connectivity index (χ4v) is 4.38. The van der Waals surface area contributed by atoms with Crippen LogP contribution in [0.1, 0.15) is 10.6 Å². The van der Waals surface area contributed by atoms with E-state index in [0.29, 0.717) is 28.4 Å². The number of furan rings is 1. The molecule has 2 heterocycles. The molecule has 0 aliphatic heterocycles. The summed E-state index contributed by atoms with van der Waals surface area (Å²) in [5.41, 5.74) is 3.66.